The first kappa shape index (κ1) is 16.0. The zero-order chi connectivity index (χ0) is 16.9. The van der Waals surface area contributed by atoms with Gasteiger partial charge in [-0.1, -0.05) is 30.3 Å². The predicted molar refractivity (Wildman–Crippen MR) is 93.5 cm³/mol. The number of hydrogen-bond donors (Lipinski definition) is 0. The Morgan fingerprint density at radius 2 is 1.79 bits per heavy atom. The largest absolute Gasteiger partial charge is 0.497 e. The highest BCUT2D eigenvalue weighted by molar-refractivity contribution is 6.03. The van der Waals surface area contributed by atoms with Crippen molar-refractivity contribution in [3.63, 3.8) is 0 Å². The molecule has 0 unspecified atom stereocenters. The zero-order valence-corrected chi connectivity index (χ0v) is 13.8. The second-order valence-corrected chi connectivity index (χ2v) is 5.52. The molecule has 0 aliphatic carbocycles. The number of fused-ring (bicyclic) bond motifs is 1. The van der Waals surface area contributed by atoms with Gasteiger partial charge in [0.1, 0.15) is 5.75 Å². The Hall–Kier alpha value is -2.88. The molecule has 2 aromatic carbocycles. The number of rotatable bonds is 5. The second kappa shape index (κ2) is 7.13. The lowest BCUT2D eigenvalue weighted by Crippen LogP contribution is -2.06. The average Bonchev–Trinajstić information content (AvgIpc) is 2.65. The third-order valence-corrected chi connectivity index (χ3v) is 3.99. The van der Waals surface area contributed by atoms with Gasteiger partial charge in [-0.25, -0.2) is 4.79 Å². The molecule has 24 heavy (non-hydrogen) atoms. The van der Waals surface area contributed by atoms with Crippen LogP contribution in [0.1, 0.15) is 21.6 Å². The van der Waals surface area contributed by atoms with Gasteiger partial charge in [0.15, 0.2) is 0 Å². The van der Waals surface area contributed by atoms with Gasteiger partial charge in [0.05, 0.1) is 25.3 Å². The second-order valence-electron chi connectivity index (χ2n) is 5.52. The number of esters is 1. The van der Waals surface area contributed by atoms with Crippen LogP contribution in [-0.4, -0.2) is 25.2 Å². The predicted octanol–water partition coefficient (Wildman–Crippen LogP) is 3.82. The van der Waals surface area contributed by atoms with E-state index in [2.05, 4.69) is 17.1 Å². The van der Waals surface area contributed by atoms with Crippen LogP contribution in [0.15, 0.2) is 54.6 Å². The number of methoxy groups -OCH3 is 2. The highest BCUT2D eigenvalue weighted by Gasteiger charge is 2.14. The van der Waals surface area contributed by atoms with Crippen LogP contribution < -0.4 is 4.74 Å². The van der Waals surface area contributed by atoms with E-state index in [-0.39, 0.29) is 5.97 Å². The van der Waals surface area contributed by atoms with Gasteiger partial charge < -0.3 is 9.47 Å². The normalized spacial score (nSPS) is 10.6. The molecule has 0 bridgehead atoms. The first-order valence-corrected chi connectivity index (χ1v) is 7.81. The van der Waals surface area contributed by atoms with Crippen LogP contribution in [0.4, 0.5) is 0 Å². The van der Waals surface area contributed by atoms with Gasteiger partial charge in [0.25, 0.3) is 0 Å². The third-order valence-electron chi connectivity index (χ3n) is 3.99. The Bertz CT molecular complexity index is 859. The van der Waals surface area contributed by atoms with Gasteiger partial charge in [-0.2, -0.15) is 0 Å². The number of aromatic nitrogens is 1. The van der Waals surface area contributed by atoms with Crippen LogP contribution in [0.3, 0.4) is 0 Å². The SMILES string of the molecule is COC(=O)c1cc(CCc2ccccc2)nc2ccc(OC)cc12. The highest BCUT2D eigenvalue weighted by atomic mass is 16.5. The van der Waals surface area contributed by atoms with Crippen molar-refractivity contribution >= 4 is 16.9 Å². The van der Waals surface area contributed by atoms with E-state index >= 15 is 0 Å². The number of nitrogens with zero attached hydrogens (tertiary/aromatic N) is 1. The summed E-state index contributed by atoms with van der Waals surface area (Å²) in [5, 5.41) is 0.740. The molecule has 0 saturated heterocycles. The third kappa shape index (κ3) is 3.38. The minimum Gasteiger partial charge on any atom is -0.497 e. The zero-order valence-electron chi connectivity index (χ0n) is 13.8. The fourth-order valence-corrected chi connectivity index (χ4v) is 2.71. The van der Waals surface area contributed by atoms with E-state index in [9.17, 15) is 4.79 Å². The van der Waals surface area contributed by atoms with Crippen LogP contribution >= 0.6 is 0 Å². The van der Waals surface area contributed by atoms with Crippen LogP contribution in [0.5, 0.6) is 5.75 Å². The molecule has 0 spiro atoms. The number of carbonyl (C=O) groups is 1. The molecule has 4 nitrogen and oxygen atoms in total. The fraction of sp³-hybridized carbons (Fsp3) is 0.200. The smallest absolute Gasteiger partial charge is 0.338 e. The highest BCUT2D eigenvalue weighted by Crippen LogP contribution is 2.25. The monoisotopic (exact) mass is 321 g/mol. The lowest BCUT2D eigenvalue weighted by molar-refractivity contribution is 0.0603. The molecule has 0 radical (unpaired) electrons. The van der Waals surface area contributed by atoms with Crippen LogP contribution in [0.25, 0.3) is 10.9 Å². The van der Waals surface area contributed by atoms with Gasteiger partial charge in [-0.05, 0) is 42.7 Å². The van der Waals surface area contributed by atoms with Gasteiger partial charge in [0, 0.05) is 11.1 Å². The van der Waals surface area contributed by atoms with Crippen molar-refractivity contribution < 1.29 is 14.3 Å². The Kier molecular flexibility index (Phi) is 4.75. The molecule has 3 rings (SSSR count). The molecule has 0 aliphatic heterocycles. The summed E-state index contributed by atoms with van der Waals surface area (Å²) in [7, 11) is 2.99. The van der Waals surface area contributed by atoms with E-state index in [1.54, 1.807) is 7.11 Å². The molecule has 4 heteroatoms. The summed E-state index contributed by atoms with van der Waals surface area (Å²) >= 11 is 0. The van der Waals surface area contributed by atoms with E-state index in [4.69, 9.17) is 9.47 Å². The molecule has 1 aromatic heterocycles. The molecular weight excluding hydrogens is 302 g/mol. The van der Waals surface area contributed by atoms with Crippen molar-refractivity contribution in [2.24, 2.45) is 0 Å². The lowest BCUT2D eigenvalue weighted by Gasteiger charge is -2.10. The van der Waals surface area contributed by atoms with E-state index in [1.165, 1.54) is 12.7 Å². The van der Waals surface area contributed by atoms with E-state index < -0.39 is 0 Å². The summed E-state index contributed by atoms with van der Waals surface area (Å²) in [6.07, 6.45) is 1.63. The number of hydrogen-bond acceptors (Lipinski definition) is 4. The van der Waals surface area contributed by atoms with Crippen LogP contribution in [0, 0.1) is 0 Å². The van der Waals surface area contributed by atoms with E-state index in [0.29, 0.717) is 11.3 Å². The Labute approximate surface area is 141 Å². The summed E-state index contributed by atoms with van der Waals surface area (Å²) < 4.78 is 10.2. The topological polar surface area (TPSA) is 48.4 Å². The molecule has 0 fully saturated rings. The van der Waals surface area contributed by atoms with Crippen LogP contribution in [0.2, 0.25) is 0 Å². The van der Waals surface area contributed by atoms with E-state index in [1.807, 2.05) is 42.5 Å². The summed E-state index contributed by atoms with van der Waals surface area (Å²) in [6.45, 7) is 0. The maximum Gasteiger partial charge on any atom is 0.338 e. The molecule has 0 N–H and O–H groups in total. The van der Waals surface area contributed by atoms with Crippen molar-refractivity contribution in [2.75, 3.05) is 14.2 Å². The Balaban J connectivity index is 1.98. The quantitative estimate of drug-likeness (QED) is 0.670. The molecule has 0 saturated carbocycles. The number of carbonyl (C=O) groups excluding carboxylic acids is 1. The number of aryl methyl sites for hydroxylation is 2. The molecule has 0 amide bonds. The van der Waals surface area contributed by atoms with Crippen molar-refractivity contribution in [1.82, 2.24) is 4.98 Å². The first-order valence-electron chi connectivity index (χ1n) is 7.81. The number of benzene rings is 2. The number of ether oxygens (including phenoxy) is 2. The maximum absolute atomic E-state index is 12.2. The first-order chi connectivity index (χ1) is 11.7. The fourth-order valence-electron chi connectivity index (χ4n) is 2.71. The van der Waals surface area contributed by atoms with Gasteiger partial charge in [-0.15, -0.1) is 0 Å². The Morgan fingerprint density at radius 1 is 1.00 bits per heavy atom. The maximum atomic E-state index is 12.2. The molecule has 3 aromatic rings. The van der Waals surface area contributed by atoms with Crippen molar-refractivity contribution in [3.8, 4) is 5.75 Å². The lowest BCUT2D eigenvalue weighted by atomic mass is 10.0. The van der Waals surface area contributed by atoms with Crippen molar-refractivity contribution in [1.29, 1.82) is 0 Å². The van der Waals surface area contributed by atoms with Crippen LogP contribution in [-0.2, 0) is 17.6 Å². The average molecular weight is 321 g/mol. The van der Waals surface area contributed by atoms with Gasteiger partial charge >= 0.3 is 5.97 Å². The molecule has 0 atom stereocenters. The summed E-state index contributed by atoms with van der Waals surface area (Å²) in [4.78, 5) is 16.8. The minimum absolute atomic E-state index is 0.364. The van der Waals surface area contributed by atoms with Gasteiger partial charge in [-0.3, -0.25) is 4.98 Å². The minimum atomic E-state index is -0.364. The molecule has 1 heterocycles. The Morgan fingerprint density at radius 3 is 2.50 bits per heavy atom. The molecular formula is C20H19NO3. The van der Waals surface area contributed by atoms with Crippen molar-refractivity contribution in [2.45, 2.75) is 12.8 Å². The standard InChI is InChI=1S/C20H19NO3/c1-23-16-10-11-19-17(13-16)18(20(22)24-2)12-15(21-19)9-8-14-6-4-3-5-7-14/h3-7,10-13H,8-9H2,1-2H3. The van der Waals surface area contributed by atoms with E-state index in [0.717, 1.165) is 29.4 Å². The number of pyridine rings is 1. The summed E-state index contributed by atoms with van der Waals surface area (Å²) in [6, 6.07) is 17.6. The van der Waals surface area contributed by atoms with Gasteiger partial charge in [0.2, 0.25) is 0 Å². The molecule has 122 valence electrons. The summed E-state index contributed by atoms with van der Waals surface area (Å²) in [5.74, 6) is 0.322. The van der Waals surface area contributed by atoms with Crippen molar-refractivity contribution in [3.05, 3.63) is 71.4 Å². The molecule has 0 aliphatic rings. The summed E-state index contributed by atoms with van der Waals surface area (Å²) in [5.41, 5.74) is 3.40.